The normalized spacial score (nSPS) is 15.0. The van der Waals surface area contributed by atoms with E-state index in [9.17, 15) is 18.0 Å². The Bertz CT molecular complexity index is 1240. The Labute approximate surface area is 217 Å². The average Bonchev–Trinajstić information content (AvgIpc) is 3.24. The number of carbonyl (C=O) groups is 1. The summed E-state index contributed by atoms with van der Waals surface area (Å²) in [5.41, 5.74) is 0.787. The van der Waals surface area contributed by atoms with Gasteiger partial charge in [-0.15, -0.1) is 0 Å². The van der Waals surface area contributed by atoms with Gasteiger partial charge in [-0.05, 0) is 37.2 Å². The second-order valence-electron chi connectivity index (χ2n) is 8.61. The fraction of sp³-hybridized carbons (Fsp3) is 0.417. The monoisotopic (exact) mass is 534 g/mol. The van der Waals surface area contributed by atoms with Crippen LogP contribution >= 0.6 is 11.3 Å². The van der Waals surface area contributed by atoms with Crippen molar-refractivity contribution >= 4 is 34.1 Å². The molecule has 198 valence electrons. The summed E-state index contributed by atoms with van der Waals surface area (Å²) in [5, 5.41) is 8.26. The minimum Gasteiger partial charge on any atom is -0.357 e. The number of amides is 2. The molecule has 3 heterocycles. The molecule has 0 bridgehead atoms. The topological polar surface area (TPSA) is 98.3 Å². The number of nitrogens with zero attached hydrogens (tertiary/aromatic N) is 5. The first-order valence-electron chi connectivity index (χ1n) is 11.9. The second-order valence-corrected chi connectivity index (χ2v) is 9.61. The van der Waals surface area contributed by atoms with E-state index in [4.69, 9.17) is 0 Å². The van der Waals surface area contributed by atoms with E-state index in [-0.39, 0.29) is 17.8 Å². The van der Waals surface area contributed by atoms with Crippen molar-refractivity contribution < 1.29 is 18.0 Å². The molecule has 2 amide bonds. The molecule has 0 unspecified atom stereocenters. The maximum atomic E-state index is 13.9. The first-order valence-corrected chi connectivity index (χ1v) is 12.7. The zero-order chi connectivity index (χ0) is 26.6. The van der Waals surface area contributed by atoms with Gasteiger partial charge in [0.2, 0.25) is 5.95 Å². The number of alkyl halides is 3. The zero-order valence-corrected chi connectivity index (χ0v) is 21.6. The molecule has 1 saturated heterocycles. The molecule has 0 aliphatic carbocycles. The smallest absolute Gasteiger partial charge is 0.357 e. The summed E-state index contributed by atoms with van der Waals surface area (Å²) < 4.78 is 41.6. The fourth-order valence-corrected chi connectivity index (χ4v) is 5.04. The molecule has 3 N–H and O–H groups in total. The molecule has 3 aromatic rings. The van der Waals surface area contributed by atoms with Crippen molar-refractivity contribution in [2.75, 3.05) is 55.7 Å². The minimum atomic E-state index is -4.54. The van der Waals surface area contributed by atoms with Gasteiger partial charge in [0.15, 0.2) is 5.13 Å². The number of carbonyl (C=O) groups excluding carboxylic acids is 1. The Morgan fingerprint density at radius 2 is 1.81 bits per heavy atom. The minimum absolute atomic E-state index is 0.0485. The van der Waals surface area contributed by atoms with Crippen LogP contribution in [0, 0.1) is 6.92 Å². The van der Waals surface area contributed by atoms with Crippen molar-refractivity contribution in [3.8, 4) is 10.6 Å². The maximum Gasteiger partial charge on any atom is 0.416 e. The fourth-order valence-electron chi connectivity index (χ4n) is 4.11. The van der Waals surface area contributed by atoms with Crippen molar-refractivity contribution in [1.82, 2.24) is 24.8 Å². The lowest BCUT2D eigenvalue weighted by atomic mass is 10.0. The van der Waals surface area contributed by atoms with Crippen molar-refractivity contribution in [2.45, 2.75) is 26.6 Å². The highest BCUT2D eigenvalue weighted by Crippen LogP contribution is 2.35. The van der Waals surface area contributed by atoms with Crippen LogP contribution in [0.3, 0.4) is 0 Å². The lowest BCUT2D eigenvalue weighted by molar-refractivity contribution is -0.138. The summed E-state index contributed by atoms with van der Waals surface area (Å²) in [7, 11) is 1.71. The summed E-state index contributed by atoms with van der Waals surface area (Å²) >= 11 is 1.21. The number of hydrogen-bond donors (Lipinski definition) is 3. The van der Waals surface area contributed by atoms with Crippen LogP contribution in [0.5, 0.6) is 0 Å². The van der Waals surface area contributed by atoms with E-state index >= 15 is 0 Å². The quantitative estimate of drug-likeness (QED) is 0.402. The van der Waals surface area contributed by atoms with Crippen molar-refractivity contribution in [2.24, 2.45) is 0 Å². The first kappa shape index (κ1) is 26.8. The van der Waals surface area contributed by atoms with Crippen molar-refractivity contribution in [3.63, 3.8) is 0 Å². The number of halogens is 3. The van der Waals surface area contributed by atoms with Crippen LogP contribution in [0.2, 0.25) is 0 Å². The third-order valence-electron chi connectivity index (χ3n) is 6.11. The van der Waals surface area contributed by atoms with Gasteiger partial charge in [-0.25, -0.2) is 19.7 Å². The highest BCUT2D eigenvalue weighted by molar-refractivity contribution is 7.19. The average molecular weight is 535 g/mol. The molecule has 37 heavy (non-hydrogen) atoms. The van der Waals surface area contributed by atoms with E-state index in [1.54, 1.807) is 26.2 Å². The molecule has 1 aliphatic rings. The van der Waals surface area contributed by atoms with Gasteiger partial charge in [-0.2, -0.15) is 13.2 Å². The van der Waals surface area contributed by atoms with Crippen LogP contribution in [0.1, 0.15) is 23.7 Å². The van der Waals surface area contributed by atoms with Crippen LogP contribution in [0.4, 0.5) is 34.7 Å². The van der Waals surface area contributed by atoms with Gasteiger partial charge < -0.3 is 15.5 Å². The molecule has 0 spiro atoms. The number of aromatic nitrogens is 3. The van der Waals surface area contributed by atoms with Crippen molar-refractivity contribution in [1.29, 1.82) is 0 Å². The number of rotatable bonds is 7. The van der Waals surface area contributed by atoms with Gasteiger partial charge in [-0.3, -0.25) is 10.2 Å². The Balaban J connectivity index is 1.44. The molecular formula is C24H29F3N8OS. The van der Waals surface area contributed by atoms with E-state index in [1.807, 2.05) is 4.90 Å². The van der Waals surface area contributed by atoms with Gasteiger partial charge in [0, 0.05) is 51.7 Å². The van der Waals surface area contributed by atoms with Gasteiger partial charge in [-0.1, -0.05) is 24.3 Å². The Hall–Kier alpha value is -3.29. The van der Waals surface area contributed by atoms with E-state index in [2.05, 4.69) is 42.7 Å². The number of thiazole rings is 1. The first-order chi connectivity index (χ1) is 17.7. The summed E-state index contributed by atoms with van der Waals surface area (Å²) in [6, 6.07) is 4.96. The lowest BCUT2D eigenvalue weighted by Gasteiger charge is -2.34. The molecule has 1 aliphatic heterocycles. The molecule has 0 radical (unpaired) electrons. The Kier molecular flexibility index (Phi) is 8.25. The standard InChI is InChI=1S/C24H29F3N8OS/c1-4-34-9-11-35(12-10-34)14-16-5-6-17(13-18(16)24(25,26)27)31-22(36)33-23-30-15(2)20(37-23)19-7-8-29-21(28-3)32-19/h5-8,13H,4,9-12,14H2,1-3H3,(H,28,29,32)(H2,30,31,33,36). The molecule has 1 aromatic carbocycles. The van der Waals surface area contributed by atoms with Crippen LogP contribution in [-0.4, -0.2) is 70.6 Å². The number of hydrogen-bond acceptors (Lipinski definition) is 8. The lowest BCUT2D eigenvalue weighted by Crippen LogP contribution is -2.45. The van der Waals surface area contributed by atoms with Gasteiger partial charge in [0.05, 0.1) is 21.8 Å². The van der Waals surface area contributed by atoms with Crippen LogP contribution in [0.25, 0.3) is 10.6 Å². The number of anilines is 3. The van der Waals surface area contributed by atoms with E-state index < -0.39 is 17.8 Å². The number of urea groups is 1. The molecule has 9 nitrogen and oxygen atoms in total. The van der Waals surface area contributed by atoms with Gasteiger partial charge >= 0.3 is 12.2 Å². The van der Waals surface area contributed by atoms with Crippen LogP contribution < -0.4 is 16.0 Å². The number of nitrogens with one attached hydrogen (secondary N) is 3. The summed E-state index contributed by atoms with van der Waals surface area (Å²) in [5.74, 6) is 0.449. The Morgan fingerprint density at radius 3 is 2.49 bits per heavy atom. The summed E-state index contributed by atoms with van der Waals surface area (Å²) in [6.45, 7) is 8.11. The van der Waals surface area contributed by atoms with Crippen molar-refractivity contribution in [3.05, 3.63) is 47.3 Å². The highest BCUT2D eigenvalue weighted by Gasteiger charge is 2.34. The molecule has 0 saturated carbocycles. The third kappa shape index (κ3) is 6.73. The number of benzene rings is 1. The highest BCUT2D eigenvalue weighted by atomic mass is 32.1. The third-order valence-corrected chi connectivity index (χ3v) is 7.20. The SMILES string of the molecule is CCN1CCN(Cc2ccc(NC(=O)Nc3nc(C)c(-c4ccnc(NC)n4)s3)cc2C(F)(F)F)CC1. The maximum absolute atomic E-state index is 13.9. The molecule has 2 aromatic heterocycles. The predicted molar refractivity (Wildman–Crippen MR) is 139 cm³/mol. The van der Waals surface area contributed by atoms with E-state index in [0.717, 1.165) is 30.6 Å². The molecule has 0 atom stereocenters. The van der Waals surface area contributed by atoms with Gasteiger partial charge in [0.1, 0.15) is 0 Å². The van der Waals surface area contributed by atoms with Crippen LogP contribution in [-0.2, 0) is 12.7 Å². The molecule has 4 rings (SSSR count). The molecular weight excluding hydrogens is 505 g/mol. The molecule has 1 fully saturated rings. The largest absolute Gasteiger partial charge is 0.416 e. The Morgan fingerprint density at radius 1 is 1.08 bits per heavy atom. The zero-order valence-electron chi connectivity index (χ0n) is 20.8. The molecule has 13 heteroatoms. The number of likely N-dealkylation sites (N-methyl/N-ethyl adjacent to an activating group) is 1. The summed E-state index contributed by atoms with van der Waals surface area (Å²) in [4.78, 5) is 30.4. The van der Waals surface area contributed by atoms with E-state index in [1.165, 1.54) is 23.5 Å². The number of piperazine rings is 1. The van der Waals surface area contributed by atoms with Gasteiger partial charge in [0.25, 0.3) is 0 Å². The number of aryl methyl sites for hydroxylation is 1. The van der Waals surface area contributed by atoms with Crippen LogP contribution in [0.15, 0.2) is 30.5 Å². The second kappa shape index (κ2) is 11.4. The van der Waals surface area contributed by atoms with E-state index in [0.29, 0.717) is 35.6 Å². The summed E-state index contributed by atoms with van der Waals surface area (Å²) in [6.07, 6.45) is -2.93. The predicted octanol–water partition coefficient (Wildman–Crippen LogP) is 4.75.